The van der Waals surface area contributed by atoms with Gasteiger partial charge >= 0.3 is 0 Å². The van der Waals surface area contributed by atoms with Crippen molar-refractivity contribution in [1.29, 1.82) is 0 Å². The first-order valence-corrected chi connectivity index (χ1v) is 8.64. The molecule has 0 fully saturated rings. The summed E-state index contributed by atoms with van der Waals surface area (Å²) >= 11 is 3.31. The van der Waals surface area contributed by atoms with Gasteiger partial charge in [0.1, 0.15) is 17.4 Å². The summed E-state index contributed by atoms with van der Waals surface area (Å²) in [6.45, 7) is 2.27. The zero-order chi connectivity index (χ0) is 17.8. The van der Waals surface area contributed by atoms with Crippen LogP contribution in [0.4, 0.5) is 5.69 Å². The van der Waals surface area contributed by atoms with Gasteiger partial charge in [-0.2, -0.15) is 0 Å². The number of rotatable bonds is 5. The zero-order valence-corrected chi connectivity index (χ0v) is 15.3. The van der Waals surface area contributed by atoms with Crippen LogP contribution in [0.2, 0.25) is 0 Å². The number of halogens is 1. The van der Waals surface area contributed by atoms with Crippen LogP contribution in [0, 0.1) is 0 Å². The van der Waals surface area contributed by atoms with E-state index in [2.05, 4.69) is 20.9 Å². The Hall–Kier alpha value is -2.60. The van der Waals surface area contributed by atoms with Crippen molar-refractivity contribution in [3.05, 3.63) is 86.9 Å². The largest absolute Gasteiger partial charge is 0.472 e. The van der Waals surface area contributed by atoms with Crippen molar-refractivity contribution in [1.82, 2.24) is 9.55 Å². The predicted molar refractivity (Wildman–Crippen MR) is 102 cm³/mol. The summed E-state index contributed by atoms with van der Waals surface area (Å²) in [7, 11) is 0. The molecule has 1 aromatic heterocycles. The molecule has 5 nitrogen and oxygen atoms in total. The predicted octanol–water partition coefficient (Wildman–Crippen LogP) is 3.78. The third-order valence-electron chi connectivity index (χ3n) is 3.94. The van der Waals surface area contributed by atoms with Crippen LogP contribution in [0.25, 0.3) is 0 Å². The number of nitrogens with zero attached hydrogens (tertiary/aromatic N) is 2. The molecule has 0 aliphatic rings. The highest BCUT2D eigenvalue weighted by molar-refractivity contribution is 9.10. The highest BCUT2D eigenvalue weighted by Crippen LogP contribution is 2.22. The number of nitrogens with two attached hydrogens (primary N) is 1. The van der Waals surface area contributed by atoms with Crippen LogP contribution in [0.5, 0.6) is 5.88 Å². The highest BCUT2D eigenvalue weighted by Gasteiger charge is 2.16. The van der Waals surface area contributed by atoms with Crippen molar-refractivity contribution in [3.8, 4) is 5.88 Å². The zero-order valence-electron chi connectivity index (χ0n) is 13.7. The molecule has 0 saturated heterocycles. The van der Waals surface area contributed by atoms with Crippen LogP contribution in [0.15, 0.2) is 70.2 Å². The molecule has 1 unspecified atom stereocenters. The molecule has 0 spiro atoms. The highest BCUT2D eigenvalue weighted by atomic mass is 79.9. The van der Waals surface area contributed by atoms with E-state index in [0.29, 0.717) is 16.8 Å². The van der Waals surface area contributed by atoms with Crippen molar-refractivity contribution in [2.24, 2.45) is 0 Å². The summed E-state index contributed by atoms with van der Waals surface area (Å²) in [4.78, 5) is 17.0. The molecule has 0 aliphatic carbocycles. The lowest BCUT2D eigenvalue weighted by Crippen LogP contribution is -2.25. The lowest BCUT2D eigenvalue weighted by molar-refractivity contribution is 0.288. The number of hydrogen-bond acceptors (Lipinski definition) is 4. The van der Waals surface area contributed by atoms with Gasteiger partial charge in [-0.25, -0.2) is 4.98 Å². The van der Waals surface area contributed by atoms with Gasteiger partial charge in [-0.05, 0) is 46.1 Å². The van der Waals surface area contributed by atoms with E-state index in [1.165, 1.54) is 6.33 Å². The van der Waals surface area contributed by atoms with E-state index in [4.69, 9.17) is 10.5 Å². The minimum Gasteiger partial charge on any atom is -0.472 e. The summed E-state index contributed by atoms with van der Waals surface area (Å²) in [5.41, 5.74) is 8.23. The Kier molecular flexibility index (Phi) is 5.19. The van der Waals surface area contributed by atoms with E-state index < -0.39 is 0 Å². The summed E-state index contributed by atoms with van der Waals surface area (Å²) in [6, 6.07) is 17.0. The first-order chi connectivity index (χ1) is 12.1. The fourth-order valence-electron chi connectivity index (χ4n) is 2.51. The van der Waals surface area contributed by atoms with E-state index in [1.54, 1.807) is 4.57 Å². The number of aromatic nitrogens is 2. The molecular weight excluding hydrogens is 382 g/mol. The molecule has 1 heterocycles. The topological polar surface area (TPSA) is 70.1 Å². The van der Waals surface area contributed by atoms with Gasteiger partial charge < -0.3 is 10.5 Å². The molecule has 0 radical (unpaired) electrons. The first-order valence-electron chi connectivity index (χ1n) is 7.85. The standard InChI is InChI=1S/C19H18BrN3O2/c1-13(15-8-5-9-16(21)10-15)23-12-22-18(17(20)19(23)24)25-11-14-6-3-2-4-7-14/h2-10,12-13H,11,21H2,1H3. The second kappa shape index (κ2) is 7.53. The van der Waals surface area contributed by atoms with E-state index in [1.807, 2.05) is 61.5 Å². The Morgan fingerprint density at radius 2 is 1.96 bits per heavy atom. The lowest BCUT2D eigenvalue weighted by atomic mass is 10.1. The van der Waals surface area contributed by atoms with Crippen LogP contribution in [-0.2, 0) is 6.61 Å². The minimum absolute atomic E-state index is 0.192. The Morgan fingerprint density at radius 1 is 1.20 bits per heavy atom. The molecule has 3 aromatic rings. The van der Waals surface area contributed by atoms with Crippen LogP contribution < -0.4 is 16.0 Å². The van der Waals surface area contributed by atoms with Gasteiger partial charge in [0.2, 0.25) is 5.88 Å². The molecule has 6 heteroatoms. The van der Waals surface area contributed by atoms with Crippen molar-refractivity contribution in [3.63, 3.8) is 0 Å². The lowest BCUT2D eigenvalue weighted by Gasteiger charge is -2.17. The van der Waals surface area contributed by atoms with E-state index in [9.17, 15) is 4.79 Å². The Labute approximate surface area is 154 Å². The summed E-state index contributed by atoms with van der Waals surface area (Å²) < 4.78 is 7.53. The Balaban J connectivity index is 1.84. The van der Waals surface area contributed by atoms with Gasteiger partial charge in [0, 0.05) is 5.69 Å². The third-order valence-corrected chi connectivity index (χ3v) is 4.62. The summed E-state index contributed by atoms with van der Waals surface area (Å²) in [5.74, 6) is 0.282. The average Bonchev–Trinajstić information content (AvgIpc) is 2.63. The maximum Gasteiger partial charge on any atom is 0.272 e. The van der Waals surface area contributed by atoms with Crippen LogP contribution in [0.3, 0.4) is 0 Å². The number of benzene rings is 2. The van der Waals surface area contributed by atoms with Gasteiger partial charge in [-0.1, -0.05) is 42.5 Å². The van der Waals surface area contributed by atoms with Crippen LogP contribution >= 0.6 is 15.9 Å². The average molecular weight is 400 g/mol. The smallest absolute Gasteiger partial charge is 0.272 e. The third kappa shape index (κ3) is 3.91. The Morgan fingerprint density at radius 3 is 2.68 bits per heavy atom. The van der Waals surface area contributed by atoms with Gasteiger partial charge in [0.15, 0.2) is 0 Å². The maximum absolute atomic E-state index is 12.7. The molecule has 25 heavy (non-hydrogen) atoms. The number of ether oxygens (including phenoxy) is 1. The van der Waals surface area contributed by atoms with E-state index >= 15 is 0 Å². The molecule has 1 atom stereocenters. The molecule has 0 aliphatic heterocycles. The van der Waals surface area contributed by atoms with Crippen molar-refractivity contribution >= 4 is 21.6 Å². The van der Waals surface area contributed by atoms with E-state index in [0.717, 1.165) is 11.1 Å². The van der Waals surface area contributed by atoms with Gasteiger partial charge in [-0.3, -0.25) is 9.36 Å². The van der Waals surface area contributed by atoms with Gasteiger partial charge in [0.05, 0.1) is 6.04 Å². The normalized spacial score (nSPS) is 11.9. The summed E-state index contributed by atoms with van der Waals surface area (Å²) in [6.07, 6.45) is 1.50. The number of anilines is 1. The fourth-order valence-corrected chi connectivity index (χ4v) is 2.93. The molecule has 0 amide bonds. The molecule has 2 aromatic carbocycles. The van der Waals surface area contributed by atoms with Crippen molar-refractivity contribution in [2.75, 3.05) is 5.73 Å². The van der Waals surface area contributed by atoms with Crippen molar-refractivity contribution in [2.45, 2.75) is 19.6 Å². The first kappa shape index (κ1) is 17.2. The van der Waals surface area contributed by atoms with Crippen LogP contribution in [0.1, 0.15) is 24.1 Å². The quantitative estimate of drug-likeness (QED) is 0.662. The van der Waals surface area contributed by atoms with Crippen LogP contribution in [-0.4, -0.2) is 9.55 Å². The SMILES string of the molecule is CC(c1cccc(N)c1)n1cnc(OCc2ccccc2)c(Br)c1=O. The second-order valence-electron chi connectivity index (χ2n) is 5.70. The second-order valence-corrected chi connectivity index (χ2v) is 6.49. The molecule has 3 rings (SSSR count). The van der Waals surface area contributed by atoms with Gasteiger partial charge in [0.25, 0.3) is 5.56 Å². The Bertz CT molecular complexity index is 925. The number of nitrogen functional groups attached to an aromatic ring is 1. The number of hydrogen-bond donors (Lipinski definition) is 1. The fraction of sp³-hybridized carbons (Fsp3) is 0.158. The molecule has 2 N–H and O–H groups in total. The molecular formula is C19H18BrN3O2. The monoisotopic (exact) mass is 399 g/mol. The minimum atomic E-state index is -0.201. The molecule has 0 saturated carbocycles. The van der Waals surface area contributed by atoms with E-state index in [-0.39, 0.29) is 17.5 Å². The molecule has 0 bridgehead atoms. The van der Waals surface area contributed by atoms with Gasteiger partial charge in [-0.15, -0.1) is 0 Å². The maximum atomic E-state index is 12.7. The summed E-state index contributed by atoms with van der Waals surface area (Å²) in [5, 5.41) is 0. The molecule has 128 valence electrons. The van der Waals surface area contributed by atoms with Crippen molar-refractivity contribution < 1.29 is 4.74 Å².